The van der Waals surface area contributed by atoms with E-state index in [4.69, 9.17) is 9.84 Å². The number of unbranched alkanes of at least 4 members (excludes halogenated alkanes) is 3. The van der Waals surface area contributed by atoms with E-state index in [2.05, 4.69) is 38.8 Å². The molecule has 0 amide bonds. The smallest absolute Gasteiger partial charge is 0.335 e. The minimum absolute atomic E-state index is 0.229. The third-order valence-electron chi connectivity index (χ3n) is 2.49. The molecule has 0 fully saturated rings. The summed E-state index contributed by atoms with van der Waals surface area (Å²) in [5.74, 6) is -0.289. The number of carbonyl (C=O) groups is 1. The SMILES string of the molecule is CCCCCCOc1c(Br)cc(C(=O)O)cc1Br. The molecule has 18 heavy (non-hydrogen) atoms. The van der Waals surface area contributed by atoms with Gasteiger partial charge in [0.15, 0.2) is 0 Å². The van der Waals surface area contributed by atoms with E-state index in [9.17, 15) is 4.79 Å². The van der Waals surface area contributed by atoms with Gasteiger partial charge in [0.05, 0.1) is 21.1 Å². The van der Waals surface area contributed by atoms with Gasteiger partial charge < -0.3 is 9.84 Å². The Morgan fingerprint density at radius 3 is 2.33 bits per heavy atom. The zero-order valence-corrected chi connectivity index (χ0v) is 13.4. The van der Waals surface area contributed by atoms with Gasteiger partial charge in [-0.2, -0.15) is 0 Å². The molecule has 0 spiro atoms. The van der Waals surface area contributed by atoms with E-state index >= 15 is 0 Å². The highest BCUT2D eigenvalue weighted by Gasteiger charge is 2.12. The zero-order chi connectivity index (χ0) is 13.5. The van der Waals surface area contributed by atoms with Gasteiger partial charge in [-0.25, -0.2) is 4.79 Å². The van der Waals surface area contributed by atoms with Crippen molar-refractivity contribution in [1.82, 2.24) is 0 Å². The van der Waals surface area contributed by atoms with Crippen LogP contribution in [-0.4, -0.2) is 17.7 Å². The molecule has 3 nitrogen and oxygen atoms in total. The Labute approximate surface area is 124 Å². The Morgan fingerprint density at radius 2 is 1.83 bits per heavy atom. The van der Waals surface area contributed by atoms with Crippen LogP contribution in [0.2, 0.25) is 0 Å². The molecular weight excluding hydrogens is 364 g/mol. The first-order valence-electron chi connectivity index (χ1n) is 5.91. The van der Waals surface area contributed by atoms with Gasteiger partial charge >= 0.3 is 5.97 Å². The predicted octanol–water partition coefficient (Wildman–Crippen LogP) is 4.87. The van der Waals surface area contributed by atoms with Gasteiger partial charge in [0.25, 0.3) is 0 Å². The van der Waals surface area contributed by atoms with Gasteiger partial charge in [-0.05, 0) is 50.4 Å². The number of ether oxygens (including phenoxy) is 1. The predicted molar refractivity (Wildman–Crippen MR) is 78.4 cm³/mol. The summed E-state index contributed by atoms with van der Waals surface area (Å²) in [5, 5.41) is 8.92. The van der Waals surface area contributed by atoms with Crippen molar-refractivity contribution in [2.24, 2.45) is 0 Å². The van der Waals surface area contributed by atoms with Crippen molar-refractivity contribution in [2.45, 2.75) is 32.6 Å². The van der Waals surface area contributed by atoms with E-state index in [0.717, 1.165) is 12.8 Å². The lowest BCUT2D eigenvalue weighted by Gasteiger charge is -2.11. The van der Waals surface area contributed by atoms with Crippen LogP contribution in [0.15, 0.2) is 21.1 Å². The fraction of sp³-hybridized carbons (Fsp3) is 0.462. The summed E-state index contributed by atoms with van der Waals surface area (Å²) in [5.41, 5.74) is 0.229. The van der Waals surface area contributed by atoms with Gasteiger partial charge in [0, 0.05) is 0 Å². The number of hydrogen-bond donors (Lipinski definition) is 1. The van der Waals surface area contributed by atoms with Gasteiger partial charge in [-0.1, -0.05) is 26.2 Å². The van der Waals surface area contributed by atoms with Crippen LogP contribution >= 0.6 is 31.9 Å². The number of carboxylic acids is 1. The average Bonchev–Trinajstić information content (AvgIpc) is 2.31. The number of carboxylic acid groups (broad SMARTS) is 1. The monoisotopic (exact) mass is 378 g/mol. The molecule has 0 heterocycles. The lowest BCUT2D eigenvalue weighted by molar-refractivity contribution is 0.0696. The third-order valence-corrected chi connectivity index (χ3v) is 3.67. The molecule has 1 N–H and O–H groups in total. The van der Waals surface area contributed by atoms with E-state index in [0.29, 0.717) is 21.3 Å². The summed E-state index contributed by atoms with van der Waals surface area (Å²) in [6.45, 7) is 2.81. The van der Waals surface area contributed by atoms with Gasteiger partial charge in [-0.15, -0.1) is 0 Å². The summed E-state index contributed by atoms with van der Waals surface area (Å²) >= 11 is 6.66. The highest BCUT2D eigenvalue weighted by molar-refractivity contribution is 9.11. The van der Waals surface area contributed by atoms with Crippen molar-refractivity contribution in [3.05, 3.63) is 26.6 Å². The summed E-state index contributed by atoms with van der Waals surface area (Å²) in [6.07, 6.45) is 4.57. The Kier molecular flexibility index (Phi) is 6.71. The van der Waals surface area contributed by atoms with E-state index < -0.39 is 5.97 Å². The lowest BCUT2D eigenvalue weighted by Crippen LogP contribution is -2.01. The van der Waals surface area contributed by atoms with Crippen LogP contribution in [0.4, 0.5) is 0 Å². The minimum Gasteiger partial charge on any atom is -0.491 e. The second kappa shape index (κ2) is 7.79. The molecule has 0 saturated heterocycles. The van der Waals surface area contributed by atoms with E-state index in [1.807, 2.05) is 0 Å². The first-order chi connectivity index (χ1) is 8.56. The van der Waals surface area contributed by atoms with Crippen molar-refractivity contribution in [1.29, 1.82) is 0 Å². The molecule has 0 radical (unpaired) electrons. The molecule has 0 aromatic heterocycles. The quantitative estimate of drug-likeness (QED) is 0.687. The number of rotatable bonds is 7. The summed E-state index contributed by atoms with van der Waals surface area (Å²) in [6, 6.07) is 3.10. The van der Waals surface area contributed by atoms with E-state index in [1.165, 1.54) is 12.8 Å². The second-order valence-electron chi connectivity index (χ2n) is 3.98. The van der Waals surface area contributed by atoms with Crippen molar-refractivity contribution in [2.75, 3.05) is 6.61 Å². The number of hydrogen-bond acceptors (Lipinski definition) is 2. The molecule has 1 aromatic rings. The van der Waals surface area contributed by atoms with Crippen LogP contribution in [0.25, 0.3) is 0 Å². The van der Waals surface area contributed by atoms with Crippen LogP contribution in [-0.2, 0) is 0 Å². The van der Waals surface area contributed by atoms with Crippen LogP contribution in [0.1, 0.15) is 43.0 Å². The number of benzene rings is 1. The van der Waals surface area contributed by atoms with Crippen LogP contribution in [0.5, 0.6) is 5.75 Å². The topological polar surface area (TPSA) is 46.5 Å². The number of halogens is 2. The molecule has 1 rings (SSSR count). The number of aromatic carboxylic acids is 1. The van der Waals surface area contributed by atoms with Crippen LogP contribution < -0.4 is 4.74 Å². The molecule has 0 atom stereocenters. The van der Waals surface area contributed by atoms with Gasteiger partial charge in [0.1, 0.15) is 5.75 Å². The molecule has 0 bridgehead atoms. The Bertz CT molecular complexity index is 396. The first kappa shape index (κ1) is 15.5. The van der Waals surface area contributed by atoms with Crippen LogP contribution in [0.3, 0.4) is 0 Å². The average molecular weight is 380 g/mol. The van der Waals surface area contributed by atoms with Crippen molar-refractivity contribution in [3.63, 3.8) is 0 Å². The Hall–Kier alpha value is -0.550. The van der Waals surface area contributed by atoms with Crippen molar-refractivity contribution in [3.8, 4) is 5.75 Å². The Balaban J connectivity index is 2.63. The van der Waals surface area contributed by atoms with Gasteiger partial charge in [-0.3, -0.25) is 0 Å². The van der Waals surface area contributed by atoms with E-state index in [1.54, 1.807) is 12.1 Å². The van der Waals surface area contributed by atoms with E-state index in [-0.39, 0.29) is 5.56 Å². The lowest BCUT2D eigenvalue weighted by atomic mass is 10.2. The highest BCUT2D eigenvalue weighted by atomic mass is 79.9. The highest BCUT2D eigenvalue weighted by Crippen LogP contribution is 2.34. The Morgan fingerprint density at radius 1 is 1.22 bits per heavy atom. The summed E-state index contributed by atoms with van der Waals surface area (Å²) < 4.78 is 6.98. The minimum atomic E-state index is -0.953. The summed E-state index contributed by atoms with van der Waals surface area (Å²) in [7, 11) is 0. The van der Waals surface area contributed by atoms with Crippen molar-refractivity contribution >= 4 is 37.8 Å². The molecular formula is C13H16Br2O3. The fourth-order valence-corrected chi connectivity index (χ4v) is 2.94. The molecule has 5 heteroatoms. The first-order valence-corrected chi connectivity index (χ1v) is 7.50. The normalized spacial score (nSPS) is 10.4. The molecule has 0 aliphatic rings. The maximum Gasteiger partial charge on any atom is 0.335 e. The fourth-order valence-electron chi connectivity index (χ4n) is 1.52. The maximum atomic E-state index is 10.9. The summed E-state index contributed by atoms with van der Waals surface area (Å²) in [4.78, 5) is 10.9. The molecule has 0 unspecified atom stereocenters. The third kappa shape index (κ3) is 4.61. The zero-order valence-electron chi connectivity index (χ0n) is 10.2. The standard InChI is InChI=1S/C13H16Br2O3/c1-2-3-4-5-6-18-12-10(14)7-9(13(16)17)8-11(12)15/h7-8H,2-6H2,1H3,(H,16,17). The molecule has 1 aromatic carbocycles. The van der Waals surface area contributed by atoms with Gasteiger partial charge in [0.2, 0.25) is 0 Å². The van der Waals surface area contributed by atoms with Crippen molar-refractivity contribution < 1.29 is 14.6 Å². The largest absolute Gasteiger partial charge is 0.491 e. The maximum absolute atomic E-state index is 10.9. The molecule has 0 aliphatic carbocycles. The second-order valence-corrected chi connectivity index (χ2v) is 5.69. The molecule has 100 valence electrons. The molecule has 0 saturated carbocycles. The van der Waals surface area contributed by atoms with Crippen LogP contribution in [0, 0.1) is 0 Å². The molecule has 0 aliphatic heterocycles.